The lowest BCUT2D eigenvalue weighted by atomic mass is 10.0. The number of nitrogens with zero attached hydrogens (tertiary/aromatic N) is 1. The third kappa shape index (κ3) is 4.61. The van der Waals surface area contributed by atoms with Gasteiger partial charge in [0.05, 0.1) is 11.4 Å². The summed E-state index contributed by atoms with van der Waals surface area (Å²) in [7, 11) is 0.607. The maximum atomic E-state index is 12.3. The number of nitrogens with one attached hydrogen (secondary N) is 2. The van der Waals surface area contributed by atoms with Crippen molar-refractivity contribution in [1.82, 2.24) is 5.32 Å². The zero-order valence-electron chi connectivity index (χ0n) is 13.0. The van der Waals surface area contributed by atoms with Crippen LogP contribution < -0.4 is 14.9 Å². The van der Waals surface area contributed by atoms with Gasteiger partial charge in [0, 0.05) is 19.8 Å². The fraction of sp³-hybridized carbons (Fsp3) is 0.600. The normalized spacial score (nSPS) is 19.3. The molecule has 21 heavy (non-hydrogen) atoms. The predicted octanol–water partition coefficient (Wildman–Crippen LogP) is 1.80. The molecule has 0 saturated carbocycles. The molecule has 1 saturated heterocycles. The maximum Gasteiger partial charge on any atom is 0.233 e. The fourth-order valence-corrected chi connectivity index (χ4v) is 4.23. The lowest BCUT2D eigenvalue weighted by Crippen LogP contribution is -2.35. The van der Waals surface area contributed by atoms with Crippen molar-refractivity contribution in [2.24, 2.45) is 5.92 Å². The topological polar surface area (TPSA) is 61.4 Å². The minimum Gasteiger partial charge on any atom is -0.377 e. The van der Waals surface area contributed by atoms with E-state index in [1.165, 1.54) is 0 Å². The SMILES string of the molecule is Cc1ccc(NS(=O)(=O)CC2CCCNC2)cc1N(C)C. The number of rotatable bonds is 5. The molecule has 0 radical (unpaired) electrons. The second-order valence-electron chi connectivity index (χ2n) is 5.99. The smallest absolute Gasteiger partial charge is 0.233 e. The molecule has 1 heterocycles. The van der Waals surface area contributed by atoms with Crippen molar-refractivity contribution in [3.05, 3.63) is 23.8 Å². The van der Waals surface area contributed by atoms with Gasteiger partial charge in [0.15, 0.2) is 0 Å². The van der Waals surface area contributed by atoms with Crippen molar-refractivity contribution in [2.45, 2.75) is 19.8 Å². The van der Waals surface area contributed by atoms with Gasteiger partial charge in [-0.2, -0.15) is 0 Å². The number of piperidine rings is 1. The minimum atomic E-state index is -3.30. The number of aryl methyl sites for hydroxylation is 1. The Morgan fingerprint density at radius 1 is 1.38 bits per heavy atom. The summed E-state index contributed by atoms with van der Waals surface area (Å²) in [5, 5.41) is 3.25. The van der Waals surface area contributed by atoms with Crippen LogP contribution in [0.25, 0.3) is 0 Å². The van der Waals surface area contributed by atoms with E-state index in [9.17, 15) is 8.42 Å². The second kappa shape index (κ2) is 6.66. The first-order chi connectivity index (χ1) is 9.87. The molecule has 5 nitrogen and oxygen atoms in total. The van der Waals surface area contributed by atoms with Crippen LogP contribution in [0, 0.1) is 12.8 Å². The van der Waals surface area contributed by atoms with E-state index in [-0.39, 0.29) is 11.7 Å². The second-order valence-corrected chi connectivity index (χ2v) is 7.76. The van der Waals surface area contributed by atoms with Gasteiger partial charge in [-0.25, -0.2) is 8.42 Å². The highest BCUT2D eigenvalue weighted by atomic mass is 32.2. The lowest BCUT2D eigenvalue weighted by molar-refractivity contribution is 0.404. The molecular weight excluding hydrogens is 286 g/mol. The van der Waals surface area contributed by atoms with Gasteiger partial charge in [0.2, 0.25) is 10.0 Å². The van der Waals surface area contributed by atoms with Crippen LogP contribution in [0.4, 0.5) is 11.4 Å². The Hall–Kier alpha value is -1.27. The molecule has 1 unspecified atom stereocenters. The Kier molecular flexibility index (Phi) is 5.11. The van der Waals surface area contributed by atoms with Crippen molar-refractivity contribution in [3.8, 4) is 0 Å². The van der Waals surface area contributed by atoms with Crippen LogP contribution >= 0.6 is 0 Å². The maximum absolute atomic E-state index is 12.3. The van der Waals surface area contributed by atoms with Crippen molar-refractivity contribution in [1.29, 1.82) is 0 Å². The third-order valence-corrected chi connectivity index (χ3v) is 5.28. The van der Waals surface area contributed by atoms with Crippen molar-refractivity contribution < 1.29 is 8.42 Å². The molecule has 1 aliphatic heterocycles. The summed E-state index contributed by atoms with van der Waals surface area (Å²) in [4.78, 5) is 1.98. The first-order valence-electron chi connectivity index (χ1n) is 7.36. The van der Waals surface area contributed by atoms with Crippen LogP contribution in [0.15, 0.2) is 18.2 Å². The molecule has 1 aromatic carbocycles. The summed E-state index contributed by atoms with van der Waals surface area (Å²) in [5.41, 5.74) is 2.78. The van der Waals surface area contributed by atoms with Crippen LogP contribution in [0.2, 0.25) is 0 Å². The molecule has 0 bridgehead atoms. The molecule has 0 aliphatic carbocycles. The van der Waals surface area contributed by atoms with E-state index in [0.717, 1.165) is 37.2 Å². The highest BCUT2D eigenvalue weighted by Crippen LogP contribution is 2.24. The van der Waals surface area contributed by atoms with E-state index in [2.05, 4.69) is 10.0 Å². The Labute approximate surface area is 127 Å². The van der Waals surface area contributed by atoms with Gasteiger partial charge >= 0.3 is 0 Å². The molecular formula is C15H25N3O2S. The Morgan fingerprint density at radius 2 is 2.14 bits per heavy atom. The highest BCUT2D eigenvalue weighted by Gasteiger charge is 2.21. The monoisotopic (exact) mass is 311 g/mol. The lowest BCUT2D eigenvalue weighted by Gasteiger charge is -2.23. The van der Waals surface area contributed by atoms with Gasteiger partial charge in [-0.1, -0.05) is 6.07 Å². The van der Waals surface area contributed by atoms with Crippen molar-refractivity contribution >= 4 is 21.4 Å². The van der Waals surface area contributed by atoms with E-state index < -0.39 is 10.0 Å². The number of hydrogen-bond acceptors (Lipinski definition) is 4. The standard InChI is InChI=1S/C15H25N3O2S/c1-12-6-7-14(9-15(12)18(2)3)17-21(19,20)11-13-5-4-8-16-10-13/h6-7,9,13,16-17H,4-5,8,10-11H2,1-3H3. The predicted molar refractivity (Wildman–Crippen MR) is 88.5 cm³/mol. The molecule has 2 N–H and O–H groups in total. The van der Waals surface area contributed by atoms with Gasteiger partial charge in [-0.15, -0.1) is 0 Å². The third-order valence-electron chi connectivity index (χ3n) is 3.82. The average Bonchev–Trinajstić information content (AvgIpc) is 2.41. The summed E-state index contributed by atoms with van der Waals surface area (Å²) >= 11 is 0. The molecule has 1 atom stereocenters. The number of anilines is 2. The quantitative estimate of drug-likeness (QED) is 0.870. The summed E-state index contributed by atoms with van der Waals surface area (Å²) in [5.74, 6) is 0.389. The summed E-state index contributed by atoms with van der Waals surface area (Å²) in [6, 6.07) is 5.64. The van der Waals surface area contributed by atoms with Gasteiger partial charge < -0.3 is 10.2 Å². The molecule has 2 rings (SSSR count). The Morgan fingerprint density at radius 3 is 2.76 bits per heavy atom. The first kappa shape index (κ1) is 16.1. The van der Waals surface area contributed by atoms with Crippen LogP contribution in [-0.2, 0) is 10.0 Å². The van der Waals surface area contributed by atoms with E-state index in [4.69, 9.17) is 0 Å². The van der Waals surface area contributed by atoms with Crippen molar-refractivity contribution in [2.75, 3.05) is 42.6 Å². The van der Waals surface area contributed by atoms with Gasteiger partial charge in [-0.3, -0.25) is 4.72 Å². The summed E-state index contributed by atoms with van der Waals surface area (Å²) in [6.07, 6.45) is 2.03. The summed E-state index contributed by atoms with van der Waals surface area (Å²) < 4.78 is 27.3. The number of sulfonamides is 1. The largest absolute Gasteiger partial charge is 0.377 e. The molecule has 118 valence electrons. The van der Waals surface area contributed by atoms with Crippen LogP contribution in [0.3, 0.4) is 0 Å². The number of hydrogen-bond donors (Lipinski definition) is 2. The van der Waals surface area contributed by atoms with Gasteiger partial charge in [-0.05, 0) is 56.5 Å². The summed E-state index contributed by atoms with van der Waals surface area (Å²) in [6.45, 7) is 3.80. The van der Waals surface area contributed by atoms with Crippen LogP contribution in [-0.4, -0.2) is 41.4 Å². The Bertz CT molecular complexity index is 579. The Balaban J connectivity index is 2.07. The number of benzene rings is 1. The van der Waals surface area contributed by atoms with E-state index in [0.29, 0.717) is 5.69 Å². The van der Waals surface area contributed by atoms with E-state index in [1.807, 2.05) is 44.1 Å². The molecule has 6 heteroatoms. The highest BCUT2D eigenvalue weighted by molar-refractivity contribution is 7.92. The van der Waals surface area contributed by atoms with E-state index in [1.54, 1.807) is 0 Å². The fourth-order valence-electron chi connectivity index (χ4n) is 2.75. The molecule has 1 fully saturated rings. The van der Waals surface area contributed by atoms with Crippen LogP contribution in [0.1, 0.15) is 18.4 Å². The zero-order valence-corrected chi connectivity index (χ0v) is 13.8. The molecule has 0 amide bonds. The van der Waals surface area contributed by atoms with Gasteiger partial charge in [0.1, 0.15) is 0 Å². The van der Waals surface area contributed by atoms with E-state index >= 15 is 0 Å². The molecule has 0 aromatic heterocycles. The van der Waals surface area contributed by atoms with Crippen LogP contribution in [0.5, 0.6) is 0 Å². The minimum absolute atomic E-state index is 0.186. The zero-order chi connectivity index (χ0) is 15.5. The average molecular weight is 311 g/mol. The molecule has 1 aromatic rings. The molecule has 1 aliphatic rings. The molecule has 0 spiro atoms. The first-order valence-corrected chi connectivity index (χ1v) is 9.02. The van der Waals surface area contributed by atoms with Crippen molar-refractivity contribution in [3.63, 3.8) is 0 Å². The van der Waals surface area contributed by atoms with Gasteiger partial charge in [0.25, 0.3) is 0 Å².